The molecular formula is C26H36N2O7. The third kappa shape index (κ3) is 5.51. The number of amides is 2. The first-order valence-electron chi connectivity index (χ1n) is 12.2. The van der Waals surface area contributed by atoms with Crippen molar-refractivity contribution in [2.45, 2.75) is 64.2 Å². The molecule has 1 aromatic rings. The van der Waals surface area contributed by atoms with Crippen LogP contribution in [0, 0.1) is 5.92 Å². The number of methoxy groups -OCH3 is 1. The number of fused-ring (bicyclic) bond motifs is 3. The first-order valence-corrected chi connectivity index (χ1v) is 12.2. The van der Waals surface area contributed by atoms with E-state index in [0.717, 1.165) is 6.42 Å². The molecule has 0 bridgehead atoms. The summed E-state index contributed by atoms with van der Waals surface area (Å²) in [5.74, 6) is -0.159. The smallest absolute Gasteiger partial charge is 0.247 e. The number of aliphatic hydroxyl groups is 2. The van der Waals surface area contributed by atoms with Crippen LogP contribution in [-0.4, -0.2) is 78.3 Å². The van der Waals surface area contributed by atoms with Gasteiger partial charge in [-0.1, -0.05) is 20.8 Å². The van der Waals surface area contributed by atoms with Crippen LogP contribution in [0.2, 0.25) is 0 Å². The fourth-order valence-corrected chi connectivity index (χ4v) is 4.75. The van der Waals surface area contributed by atoms with Crippen molar-refractivity contribution in [1.82, 2.24) is 10.2 Å². The topological polar surface area (TPSA) is 125 Å². The number of benzene rings is 1. The van der Waals surface area contributed by atoms with Crippen LogP contribution < -0.4 is 14.8 Å². The van der Waals surface area contributed by atoms with Crippen molar-refractivity contribution in [3.8, 4) is 11.5 Å². The van der Waals surface area contributed by atoms with E-state index in [1.165, 1.54) is 7.11 Å². The second-order valence-corrected chi connectivity index (χ2v) is 9.42. The highest BCUT2D eigenvalue weighted by molar-refractivity contribution is 5.96. The van der Waals surface area contributed by atoms with E-state index in [-0.39, 0.29) is 19.1 Å². The molecule has 2 aliphatic rings. The molecule has 4 atom stereocenters. The molecule has 0 fully saturated rings. The SMILES string of the molecule is CCCC(=O)N(CCC(C)C)[C@@H]1C=C(C(=O)NCCO)[C@@H]2c3cc(C=O)cc(OC)c3O[C@@H]2[C@H]1O. The number of rotatable bonds is 11. The lowest BCUT2D eigenvalue weighted by molar-refractivity contribution is -0.137. The minimum Gasteiger partial charge on any atom is -0.493 e. The van der Waals surface area contributed by atoms with Crippen molar-refractivity contribution in [2.75, 3.05) is 26.8 Å². The van der Waals surface area contributed by atoms with Gasteiger partial charge < -0.3 is 29.9 Å². The van der Waals surface area contributed by atoms with Gasteiger partial charge in [-0.3, -0.25) is 14.4 Å². The molecule has 0 unspecified atom stereocenters. The average molecular weight is 489 g/mol. The summed E-state index contributed by atoms with van der Waals surface area (Å²) < 4.78 is 11.6. The molecule has 3 N–H and O–H groups in total. The molecule has 0 saturated carbocycles. The van der Waals surface area contributed by atoms with E-state index in [1.807, 2.05) is 6.92 Å². The van der Waals surface area contributed by atoms with Gasteiger partial charge in [-0.2, -0.15) is 0 Å². The summed E-state index contributed by atoms with van der Waals surface area (Å²) in [7, 11) is 1.45. The number of hydrogen-bond donors (Lipinski definition) is 3. The van der Waals surface area contributed by atoms with Gasteiger partial charge in [0.05, 0.1) is 25.7 Å². The quantitative estimate of drug-likeness (QED) is 0.406. The first kappa shape index (κ1) is 26.7. The molecule has 9 heteroatoms. The standard InChI is InChI=1S/C26H36N2O7/c1-5-6-21(31)28(9-7-15(2)3)19-13-18(26(33)27-8-10-29)22-17-11-16(14-30)12-20(34-4)24(17)35-25(22)23(19)32/h11-15,19,22-23,25,29,32H,5-10H2,1-4H3,(H,27,33)/t19-,22+,23+,25+/m1/s1. The molecule has 3 rings (SSSR count). The van der Waals surface area contributed by atoms with Gasteiger partial charge in [0.2, 0.25) is 11.8 Å². The highest BCUT2D eigenvalue weighted by Crippen LogP contribution is 2.51. The Morgan fingerprint density at radius 1 is 1.31 bits per heavy atom. The Hall–Kier alpha value is -2.91. The summed E-state index contributed by atoms with van der Waals surface area (Å²) >= 11 is 0. The predicted octanol–water partition coefficient (Wildman–Crippen LogP) is 1.81. The van der Waals surface area contributed by atoms with Gasteiger partial charge in [0.25, 0.3) is 0 Å². The number of carbonyl (C=O) groups is 3. The Morgan fingerprint density at radius 3 is 2.66 bits per heavy atom. The molecule has 35 heavy (non-hydrogen) atoms. The van der Waals surface area contributed by atoms with Crippen LogP contribution in [0.5, 0.6) is 11.5 Å². The molecule has 9 nitrogen and oxygen atoms in total. The van der Waals surface area contributed by atoms with Crippen molar-refractivity contribution >= 4 is 18.1 Å². The maximum Gasteiger partial charge on any atom is 0.247 e. The van der Waals surface area contributed by atoms with Gasteiger partial charge in [-0.05, 0) is 37.0 Å². The fourth-order valence-electron chi connectivity index (χ4n) is 4.75. The van der Waals surface area contributed by atoms with Crippen molar-refractivity contribution in [1.29, 1.82) is 0 Å². The number of aldehydes is 1. The van der Waals surface area contributed by atoms with E-state index in [9.17, 15) is 24.6 Å². The molecule has 0 aromatic heterocycles. The van der Waals surface area contributed by atoms with Crippen molar-refractivity contribution in [3.05, 3.63) is 34.9 Å². The maximum absolute atomic E-state index is 13.2. The highest BCUT2D eigenvalue weighted by atomic mass is 16.5. The Bertz CT molecular complexity index is 975. The number of ether oxygens (including phenoxy) is 2. The van der Waals surface area contributed by atoms with E-state index < -0.39 is 30.1 Å². The van der Waals surface area contributed by atoms with E-state index in [2.05, 4.69) is 19.2 Å². The van der Waals surface area contributed by atoms with Crippen LogP contribution in [0.1, 0.15) is 61.9 Å². The minimum atomic E-state index is -1.11. The lowest BCUT2D eigenvalue weighted by Gasteiger charge is -2.41. The summed E-state index contributed by atoms with van der Waals surface area (Å²) in [6.07, 6.45) is 2.08. The molecule has 1 aromatic carbocycles. The zero-order chi connectivity index (χ0) is 25.7. The van der Waals surface area contributed by atoms with Crippen LogP contribution in [0.4, 0.5) is 0 Å². The molecule has 0 saturated heterocycles. The third-order valence-electron chi connectivity index (χ3n) is 6.50. The molecule has 1 heterocycles. The predicted molar refractivity (Wildman–Crippen MR) is 130 cm³/mol. The summed E-state index contributed by atoms with van der Waals surface area (Å²) in [5.41, 5.74) is 1.24. The van der Waals surface area contributed by atoms with Gasteiger partial charge >= 0.3 is 0 Å². The van der Waals surface area contributed by atoms with E-state index in [0.29, 0.717) is 59.8 Å². The highest BCUT2D eigenvalue weighted by Gasteiger charge is 2.51. The van der Waals surface area contributed by atoms with Gasteiger partial charge in [-0.15, -0.1) is 0 Å². The minimum absolute atomic E-state index is 0.0536. The first-order chi connectivity index (χ1) is 16.8. The Kier molecular flexibility index (Phi) is 8.91. The van der Waals surface area contributed by atoms with Gasteiger partial charge in [0.1, 0.15) is 18.5 Å². The van der Waals surface area contributed by atoms with Crippen LogP contribution in [0.15, 0.2) is 23.8 Å². The van der Waals surface area contributed by atoms with Crippen LogP contribution in [-0.2, 0) is 9.59 Å². The average Bonchev–Trinajstić information content (AvgIpc) is 3.23. The molecule has 0 radical (unpaired) electrons. The summed E-state index contributed by atoms with van der Waals surface area (Å²) in [4.78, 5) is 39.5. The zero-order valence-electron chi connectivity index (χ0n) is 20.8. The molecule has 192 valence electrons. The van der Waals surface area contributed by atoms with Gasteiger partial charge in [0, 0.05) is 36.2 Å². The van der Waals surface area contributed by atoms with Crippen molar-refractivity contribution in [2.24, 2.45) is 5.92 Å². The fraction of sp³-hybridized carbons (Fsp3) is 0.577. The zero-order valence-corrected chi connectivity index (χ0v) is 20.8. The second-order valence-electron chi connectivity index (χ2n) is 9.42. The normalized spacial score (nSPS) is 22.5. The summed E-state index contributed by atoms with van der Waals surface area (Å²) in [6.45, 7) is 6.30. The van der Waals surface area contributed by atoms with Crippen molar-refractivity contribution in [3.63, 3.8) is 0 Å². The molecule has 1 aliphatic heterocycles. The van der Waals surface area contributed by atoms with E-state index in [4.69, 9.17) is 9.47 Å². The number of carbonyl (C=O) groups excluding carboxylic acids is 3. The third-order valence-corrected chi connectivity index (χ3v) is 6.50. The molecule has 1 aliphatic carbocycles. The van der Waals surface area contributed by atoms with Crippen LogP contribution in [0.25, 0.3) is 0 Å². The molecular weight excluding hydrogens is 452 g/mol. The monoisotopic (exact) mass is 488 g/mol. The van der Waals surface area contributed by atoms with Crippen LogP contribution >= 0.6 is 0 Å². The lowest BCUT2D eigenvalue weighted by Crippen LogP contribution is -2.56. The van der Waals surface area contributed by atoms with E-state index >= 15 is 0 Å². The second kappa shape index (κ2) is 11.7. The largest absolute Gasteiger partial charge is 0.493 e. The van der Waals surface area contributed by atoms with Gasteiger partial charge in [-0.25, -0.2) is 0 Å². The summed E-state index contributed by atoms with van der Waals surface area (Å²) in [6, 6.07) is 2.41. The number of nitrogens with one attached hydrogen (secondary N) is 1. The Morgan fingerprint density at radius 2 is 2.06 bits per heavy atom. The Labute approximate surface area is 206 Å². The number of hydrogen-bond acceptors (Lipinski definition) is 7. The molecule has 2 amide bonds. The lowest BCUT2D eigenvalue weighted by atomic mass is 9.77. The number of nitrogens with zero attached hydrogens (tertiary/aromatic N) is 1. The van der Waals surface area contributed by atoms with E-state index in [1.54, 1.807) is 23.1 Å². The van der Waals surface area contributed by atoms with Gasteiger partial charge in [0.15, 0.2) is 11.5 Å². The van der Waals surface area contributed by atoms with Crippen LogP contribution in [0.3, 0.4) is 0 Å². The Balaban J connectivity index is 2.11. The number of aliphatic hydroxyl groups excluding tert-OH is 2. The summed E-state index contributed by atoms with van der Waals surface area (Å²) in [5, 5.41) is 23.4. The molecule has 0 spiro atoms. The van der Waals surface area contributed by atoms with Crippen molar-refractivity contribution < 1.29 is 34.1 Å². The maximum atomic E-state index is 13.2.